The van der Waals surface area contributed by atoms with Crippen molar-refractivity contribution < 1.29 is 13.5 Å². The first kappa shape index (κ1) is 13.6. The van der Waals surface area contributed by atoms with Crippen molar-refractivity contribution in [2.45, 2.75) is 27.0 Å². The lowest BCUT2D eigenvalue weighted by molar-refractivity contribution is 0.266. The van der Waals surface area contributed by atoms with Crippen LogP contribution < -0.4 is 10.1 Å². The van der Waals surface area contributed by atoms with Crippen molar-refractivity contribution in [2.24, 2.45) is 0 Å². The summed E-state index contributed by atoms with van der Waals surface area (Å²) in [6.45, 7) is 4.70. The number of nitrogens with one attached hydrogen (secondary N) is 1. The first-order valence-corrected chi connectivity index (χ1v) is 6.22. The molecule has 0 bridgehead atoms. The number of furan rings is 1. The quantitative estimate of drug-likeness (QED) is 0.898. The fourth-order valence-corrected chi connectivity index (χ4v) is 1.84. The van der Waals surface area contributed by atoms with Crippen LogP contribution in [0.1, 0.15) is 22.6 Å². The molecule has 0 aliphatic carbocycles. The average Bonchev–Trinajstić information content (AvgIpc) is 2.72. The first-order valence-electron chi connectivity index (χ1n) is 6.22. The normalized spacial score (nSPS) is 10.7. The van der Waals surface area contributed by atoms with Crippen LogP contribution in [0.25, 0.3) is 0 Å². The maximum atomic E-state index is 13.4. The maximum Gasteiger partial charge on any atom is 0.146 e. The van der Waals surface area contributed by atoms with Gasteiger partial charge in [-0.05, 0) is 38.6 Å². The van der Waals surface area contributed by atoms with E-state index in [0.29, 0.717) is 17.9 Å². The third-order valence-corrected chi connectivity index (χ3v) is 2.96. The van der Waals surface area contributed by atoms with Gasteiger partial charge in [0.15, 0.2) is 0 Å². The van der Waals surface area contributed by atoms with Crippen molar-refractivity contribution in [3.63, 3.8) is 0 Å². The standard InChI is InChI=1S/C15H18FNO2/c1-10-4-5-13(7-15(10)16)18-9-14-6-12(8-17-3)11(2)19-14/h4-7,17H,8-9H2,1-3H3. The SMILES string of the molecule is CNCc1cc(COc2ccc(C)c(F)c2)oc1C. The molecule has 0 saturated heterocycles. The van der Waals surface area contributed by atoms with Crippen molar-refractivity contribution in [2.75, 3.05) is 7.05 Å². The van der Waals surface area contributed by atoms with E-state index in [1.54, 1.807) is 19.1 Å². The lowest BCUT2D eigenvalue weighted by atomic mass is 10.2. The molecule has 1 aromatic carbocycles. The van der Waals surface area contributed by atoms with E-state index in [9.17, 15) is 4.39 Å². The molecule has 0 aliphatic rings. The second-order valence-corrected chi connectivity index (χ2v) is 4.52. The molecular formula is C15H18FNO2. The minimum atomic E-state index is -0.260. The summed E-state index contributed by atoms with van der Waals surface area (Å²) in [4.78, 5) is 0. The minimum Gasteiger partial charge on any atom is -0.486 e. The summed E-state index contributed by atoms with van der Waals surface area (Å²) in [5, 5.41) is 3.08. The highest BCUT2D eigenvalue weighted by Crippen LogP contribution is 2.19. The predicted molar refractivity (Wildman–Crippen MR) is 71.7 cm³/mol. The van der Waals surface area contributed by atoms with Crippen LogP contribution in [-0.2, 0) is 13.2 Å². The van der Waals surface area contributed by atoms with Gasteiger partial charge in [-0.1, -0.05) is 6.07 Å². The summed E-state index contributed by atoms with van der Waals surface area (Å²) >= 11 is 0. The fraction of sp³-hybridized carbons (Fsp3) is 0.333. The molecule has 0 atom stereocenters. The Kier molecular flexibility index (Phi) is 4.22. The predicted octanol–water partition coefficient (Wildman–Crippen LogP) is 3.33. The van der Waals surface area contributed by atoms with Crippen LogP contribution in [0.15, 0.2) is 28.7 Å². The Morgan fingerprint density at radius 3 is 2.74 bits per heavy atom. The van der Waals surface area contributed by atoms with Gasteiger partial charge in [0, 0.05) is 18.2 Å². The number of benzene rings is 1. The summed E-state index contributed by atoms with van der Waals surface area (Å²) < 4.78 is 24.5. The van der Waals surface area contributed by atoms with Crippen LogP contribution in [-0.4, -0.2) is 7.05 Å². The Balaban J connectivity index is 2.01. The van der Waals surface area contributed by atoms with Crippen LogP contribution >= 0.6 is 0 Å². The molecule has 0 fully saturated rings. The minimum absolute atomic E-state index is 0.260. The Labute approximate surface area is 112 Å². The third-order valence-electron chi connectivity index (χ3n) is 2.96. The van der Waals surface area contributed by atoms with Crippen LogP contribution in [0.2, 0.25) is 0 Å². The van der Waals surface area contributed by atoms with E-state index in [0.717, 1.165) is 23.6 Å². The van der Waals surface area contributed by atoms with E-state index in [2.05, 4.69) is 5.32 Å². The Bertz CT molecular complexity index is 563. The smallest absolute Gasteiger partial charge is 0.146 e. The van der Waals surface area contributed by atoms with E-state index in [1.807, 2.05) is 20.0 Å². The van der Waals surface area contributed by atoms with Crippen molar-refractivity contribution in [1.29, 1.82) is 0 Å². The van der Waals surface area contributed by atoms with Gasteiger partial charge in [-0.15, -0.1) is 0 Å². The molecule has 1 aromatic heterocycles. The highest BCUT2D eigenvalue weighted by molar-refractivity contribution is 5.28. The summed E-state index contributed by atoms with van der Waals surface area (Å²) in [5.74, 6) is 1.86. The second kappa shape index (κ2) is 5.89. The number of hydrogen-bond donors (Lipinski definition) is 1. The van der Waals surface area contributed by atoms with Gasteiger partial charge in [0.1, 0.15) is 29.7 Å². The topological polar surface area (TPSA) is 34.4 Å². The monoisotopic (exact) mass is 263 g/mol. The summed E-state index contributed by atoms with van der Waals surface area (Å²) in [6.07, 6.45) is 0. The molecule has 3 nitrogen and oxygen atoms in total. The van der Waals surface area contributed by atoms with Gasteiger partial charge in [-0.25, -0.2) is 4.39 Å². The van der Waals surface area contributed by atoms with Crippen molar-refractivity contribution >= 4 is 0 Å². The van der Waals surface area contributed by atoms with Gasteiger partial charge in [-0.2, -0.15) is 0 Å². The van der Waals surface area contributed by atoms with Crippen LogP contribution in [0.3, 0.4) is 0 Å². The molecule has 1 heterocycles. The zero-order valence-electron chi connectivity index (χ0n) is 11.4. The van der Waals surface area contributed by atoms with Crippen molar-refractivity contribution in [3.8, 4) is 5.75 Å². The Hall–Kier alpha value is -1.81. The number of aryl methyl sites for hydroxylation is 2. The van der Waals surface area contributed by atoms with Gasteiger partial charge < -0.3 is 14.5 Å². The molecule has 0 radical (unpaired) electrons. The largest absolute Gasteiger partial charge is 0.486 e. The summed E-state index contributed by atoms with van der Waals surface area (Å²) in [6, 6.07) is 6.79. The van der Waals surface area contributed by atoms with E-state index >= 15 is 0 Å². The molecule has 2 rings (SSSR count). The maximum absolute atomic E-state index is 13.4. The molecule has 19 heavy (non-hydrogen) atoms. The molecule has 0 amide bonds. The van der Waals surface area contributed by atoms with Crippen LogP contribution in [0, 0.1) is 19.7 Å². The first-order chi connectivity index (χ1) is 9.10. The van der Waals surface area contributed by atoms with Crippen LogP contribution in [0.5, 0.6) is 5.75 Å². The Morgan fingerprint density at radius 1 is 1.26 bits per heavy atom. The molecule has 0 unspecified atom stereocenters. The van der Waals surface area contributed by atoms with Gasteiger partial charge in [0.2, 0.25) is 0 Å². The summed E-state index contributed by atoms with van der Waals surface area (Å²) in [5.41, 5.74) is 1.72. The molecule has 1 N–H and O–H groups in total. The highest BCUT2D eigenvalue weighted by Gasteiger charge is 2.08. The second-order valence-electron chi connectivity index (χ2n) is 4.52. The van der Waals surface area contributed by atoms with Gasteiger partial charge in [0.05, 0.1) is 0 Å². The molecule has 0 saturated carbocycles. The van der Waals surface area contributed by atoms with E-state index in [-0.39, 0.29) is 5.82 Å². The van der Waals surface area contributed by atoms with E-state index in [4.69, 9.17) is 9.15 Å². The summed E-state index contributed by atoms with van der Waals surface area (Å²) in [7, 11) is 1.89. The average molecular weight is 263 g/mol. The number of ether oxygens (including phenoxy) is 1. The van der Waals surface area contributed by atoms with Gasteiger partial charge >= 0.3 is 0 Å². The number of halogens is 1. The van der Waals surface area contributed by atoms with Crippen molar-refractivity contribution in [3.05, 3.63) is 52.7 Å². The van der Waals surface area contributed by atoms with Gasteiger partial charge in [-0.3, -0.25) is 0 Å². The number of hydrogen-bond acceptors (Lipinski definition) is 3. The fourth-order valence-electron chi connectivity index (χ4n) is 1.84. The Morgan fingerprint density at radius 2 is 2.05 bits per heavy atom. The lowest BCUT2D eigenvalue weighted by Gasteiger charge is -2.05. The van der Waals surface area contributed by atoms with E-state index < -0.39 is 0 Å². The van der Waals surface area contributed by atoms with Crippen LogP contribution in [0.4, 0.5) is 4.39 Å². The molecule has 2 aromatic rings. The molecule has 102 valence electrons. The van der Waals surface area contributed by atoms with Gasteiger partial charge in [0.25, 0.3) is 0 Å². The molecule has 0 spiro atoms. The zero-order chi connectivity index (χ0) is 13.8. The zero-order valence-corrected chi connectivity index (χ0v) is 11.4. The third kappa shape index (κ3) is 3.35. The number of rotatable bonds is 5. The highest BCUT2D eigenvalue weighted by atomic mass is 19.1. The molecule has 4 heteroatoms. The molecule has 0 aliphatic heterocycles. The lowest BCUT2D eigenvalue weighted by Crippen LogP contribution is -2.04. The molecular weight excluding hydrogens is 245 g/mol. The van der Waals surface area contributed by atoms with E-state index in [1.165, 1.54) is 6.07 Å². The van der Waals surface area contributed by atoms with Crippen molar-refractivity contribution in [1.82, 2.24) is 5.32 Å².